The molecule has 0 amide bonds. The van der Waals surface area contributed by atoms with Gasteiger partial charge >= 0.3 is 4.87 Å². The van der Waals surface area contributed by atoms with Crippen molar-refractivity contribution in [2.24, 2.45) is 59.6 Å². The SMILES string of the molecule is CC(=O)Cc1nnc(CC(C)(C)C)s1.CC(C)(C)Cc1csnn1.CC(C)(C)Cc1n[nH]c(=O)s1.CC(C)(C)Cc1nnc(C(F)F)s1.CC(C)(C)Cc1nnc(C2CC2)s1.CC(C)(C)Cc1nncs1.CCc1nnc(CC(C)(C)C)s1.CCc1nnc(CC(C)(C)C)s1.COc1nnc(CC(C)(C)C)s1.Cc1nnc(CC(C)(C)C)s1.Cc1nnc(CC(C)(C)C)s1. The van der Waals surface area contributed by atoms with Crippen molar-refractivity contribution in [3.05, 3.63) is 111 Å². The van der Waals surface area contributed by atoms with Gasteiger partial charge in [0.2, 0.25) is 0 Å². The van der Waals surface area contributed by atoms with Crippen molar-refractivity contribution in [3.63, 3.8) is 0 Å². The highest BCUT2D eigenvalue weighted by Gasteiger charge is 2.29. The number of aryl methyl sites for hydroxylation is 4. The molecule has 0 spiro atoms. The molecule has 0 saturated heterocycles. The minimum atomic E-state index is -2.49. The first kappa shape index (κ1) is 119. The molecule has 0 atom stereocenters. The molecule has 11 aromatic heterocycles. The van der Waals surface area contributed by atoms with E-state index in [1.54, 1.807) is 87.6 Å². The average molecular weight is 2000 g/mol. The van der Waals surface area contributed by atoms with Crippen LogP contribution in [0.2, 0.25) is 0 Å². The van der Waals surface area contributed by atoms with Gasteiger partial charge in [-0.1, -0.05) is 281 Å². The van der Waals surface area contributed by atoms with E-state index in [4.69, 9.17) is 4.74 Å². The molecule has 0 aliphatic heterocycles. The molecule has 1 fully saturated rings. The maximum Gasteiger partial charge on any atom is 0.322 e. The van der Waals surface area contributed by atoms with Crippen LogP contribution in [0.4, 0.5) is 8.78 Å². The Morgan fingerprint density at radius 1 is 0.380 bits per heavy atom. The predicted octanol–water partition coefficient (Wildman–Crippen LogP) is 26.4. The molecule has 38 heteroatoms. The summed E-state index contributed by atoms with van der Waals surface area (Å²) in [6, 6.07) is 0. The molecule has 11 aromatic rings. The van der Waals surface area contributed by atoms with Gasteiger partial charge in [-0.2, -0.15) is 5.10 Å². The average Bonchev–Trinajstić information content (AvgIpc) is 1.68. The summed E-state index contributed by atoms with van der Waals surface area (Å²) in [4.78, 5) is 21.5. The number of aromatic nitrogens is 22. The van der Waals surface area contributed by atoms with E-state index in [0.29, 0.717) is 60.9 Å². The molecule has 1 aliphatic carbocycles. The number of nitrogens with zero attached hydrogens (tertiary/aromatic N) is 21. The summed E-state index contributed by atoms with van der Waals surface area (Å²) in [5.74, 6) is 0.898. The van der Waals surface area contributed by atoms with Gasteiger partial charge < -0.3 is 4.74 Å². The van der Waals surface area contributed by atoms with Crippen LogP contribution >= 0.6 is 125 Å². The Labute approximate surface area is 815 Å². The highest BCUT2D eigenvalue weighted by molar-refractivity contribution is 7.14. The van der Waals surface area contributed by atoms with Crippen LogP contribution in [0.3, 0.4) is 0 Å². The topological polar surface area (TPSA) is 330 Å². The molecule has 0 unspecified atom stereocenters. The van der Waals surface area contributed by atoms with E-state index in [1.807, 2.05) is 51.3 Å². The van der Waals surface area contributed by atoms with E-state index in [9.17, 15) is 18.4 Å². The summed E-state index contributed by atoms with van der Waals surface area (Å²) in [6.07, 6.45) is 13.2. The first-order chi connectivity index (χ1) is 58.9. The quantitative estimate of drug-likeness (QED) is 0.0834. The predicted molar refractivity (Wildman–Crippen MR) is 543 cm³/mol. The number of carbonyl (C=O) groups excluding carboxylic acids is 1. The summed E-state index contributed by atoms with van der Waals surface area (Å²) in [7, 11) is 1.61. The van der Waals surface area contributed by atoms with Gasteiger partial charge in [0, 0.05) is 75.5 Å². The van der Waals surface area contributed by atoms with E-state index >= 15 is 0 Å². The summed E-state index contributed by atoms with van der Waals surface area (Å²) < 4.78 is 33.0. The molecule has 0 radical (unpaired) electrons. The normalized spacial score (nSPS) is 12.5. The molecule has 1 aliphatic rings. The number of carbonyl (C=O) groups is 1. The lowest BCUT2D eigenvalue weighted by atomic mass is 9.91. The Morgan fingerprint density at radius 3 is 1.00 bits per heavy atom. The smallest absolute Gasteiger partial charge is 0.322 e. The fraction of sp³-hybridized carbons (Fsp3) is 0.747. The molecule has 0 bridgehead atoms. The number of halogens is 2. The summed E-state index contributed by atoms with van der Waals surface area (Å²) in [6.45, 7) is 81.8. The van der Waals surface area contributed by atoms with Gasteiger partial charge in [-0.3, -0.25) is 9.59 Å². The Hall–Kier alpha value is -5.71. The zero-order valence-electron chi connectivity index (χ0n) is 85.0. The molecule has 129 heavy (non-hydrogen) atoms. The highest BCUT2D eigenvalue weighted by Crippen LogP contribution is 2.42. The summed E-state index contributed by atoms with van der Waals surface area (Å²) in [5.41, 5.74) is 5.95. The van der Waals surface area contributed by atoms with Crippen molar-refractivity contribution in [3.8, 4) is 5.19 Å². The van der Waals surface area contributed by atoms with Crippen LogP contribution in [-0.2, 0) is 94.7 Å². The van der Waals surface area contributed by atoms with E-state index in [2.05, 4.69) is 333 Å². The molecule has 726 valence electrons. The van der Waals surface area contributed by atoms with Crippen molar-refractivity contribution < 1.29 is 18.3 Å². The fourth-order valence-corrected chi connectivity index (χ4v) is 20.9. The fourth-order valence-electron chi connectivity index (χ4n) is 10.1. The van der Waals surface area contributed by atoms with Gasteiger partial charge in [-0.25, -0.2) is 13.9 Å². The number of nitrogens with one attached hydrogen (secondary N) is 1. The van der Waals surface area contributed by atoms with Crippen molar-refractivity contribution in [1.82, 2.24) is 112 Å². The Balaban J connectivity index is 0.000000481. The second-order valence-electron chi connectivity index (χ2n) is 44.9. The van der Waals surface area contributed by atoms with Crippen LogP contribution < -0.4 is 9.61 Å². The monoisotopic (exact) mass is 1990 g/mol. The summed E-state index contributed by atoms with van der Waals surface area (Å²) >= 11 is 17.0. The van der Waals surface area contributed by atoms with Gasteiger partial charge in [0.05, 0.1) is 19.2 Å². The highest BCUT2D eigenvalue weighted by atomic mass is 32.1. The third kappa shape index (κ3) is 64.8. The van der Waals surface area contributed by atoms with Gasteiger partial charge in [-0.05, 0) is 124 Å². The maximum atomic E-state index is 12.1. The minimum Gasteiger partial charge on any atom is -0.472 e. The molecule has 0 aromatic carbocycles. The number of Topliss-reactive ketones (excluding diaryl/α,β-unsaturated/α-hetero) is 1. The number of ketones is 1. The first-order valence-corrected chi connectivity index (χ1v) is 52.8. The lowest BCUT2D eigenvalue weighted by Crippen LogP contribution is -2.09. The number of methoxy groups -OCH3 is 1. The van der Waals surface area contributed by atoms with Gasteiger partial charge in [0.1, 0.15) is 91.4 Å². The van der Waals surface area contributed by atoms with E-state index < -0.39 is 6.43 Å². The number of hydrogen-bond acceptors (Lipinski definition) is 35. The zero-order valence-corrected chi connectivity index (χ0v) is 94.0. The van der Waals surface area contributed by atoms with E-state index in [1.165, 1.54) is 67.1 Å². The number of rotatable bonds is 18. The van der Waals surface area contributed by atoms with Crippen molar-refractivity contribution in [2.75, 3.05) is 7.11 Å². The first-order valence-electron chi connectivity index (χ1n) is 43.8. The van der Waals surface area contributed by atoms with Crippen molar-refractivity contribution in [1.29, 1.82) is 0 Å². The second kappa shape index (κ2) is 54.7. The Morgan fingerprint density at radius 2 is 0.705 bits per heavy atom. The minimum absolute atomic E-state index is 0.0655. The van der Waals surface area contributed by atoms with Crippen molar-refractivity contribution >= 4 is 131 Å². The van der Waals surface area contributed by atoms with Gasteiger partial charge in [-0.15, -0.1) is 176 Å². The lowest BCUT2D eigenvalue weighted by Gasteiger charge is -2.15. The van der Waals surface area contributed by atoms with E-state index in [0.717, 1.165) is 155 Å². The number of H-pyrrole nitrogens is 1. The standard InChI is InChI=1S/C10H16N2OS.C10H16N2S.2C9H16N2S.C8H12F2N2S.C8H14N2OS.2C8H14N2S.C7H12N2OS.2C7H12N2S/c1-7(13)5-8-11-12-9(14-8)6-10(2,3)4;1-10(2,3)6-8-11-12-9(13-8)7-4-5-7;2*1-5-7-10-11-8(12-7)6-9(2,3)4;1-8(2,3)4-5-11-12-7(13-5)6(9)10;1-8(2,3)5-6-9-10-7(11-4)12-6;2*1-6-9-10-7(11-6)5-8(2,3)4;1-7(2,3)4-5-8-9-6(10)11-5;1-7(2,3)4-6-9-8-5-10-6;1-7(2,3)4-6-5-10-9-8-6/h5-6H2,1-4H3;7H,4-6H2,1-3H3;2*5-6H2,1-4H3;6H,4H2,1-3H3;5H2,1-4H3;2*5H2,1-4H3;4H2,1-3H3,(H,9,10);2*5H,4H2,1-3H3. The van der Waals surface area contributed by atoms with Gasteiger partial charge in [0.25, 0.3) is 11.6 Å². The lowest BCUT2D eigenvalue weighted by molar-refractivity contribution is -0.116. The molecule has 1 saturated carbocycles. The largest absolute Gasteiger partial charge is 0.472 e. The van der Waals surface area contributed by atoms with Crippen LogP contribution in [0, 0.1) is 73.4 Å². The molecule has 11 heterocycles. The van der Waals surface area contributed by atoms with E-state index in [-0.39, 0.29) is 37.3 Å². The molecular weight excluding hydrogens is 1840 g/mol. The molecular formula is C91H154F2N22O3S11. The number of alkyl halides is 2. The van der Waals surface area contributed by atoms with Crippen LogP contribution in [0.25, 0.3) is 0 Å². The maximum absolute atomic E-state index is 12.1. The number of hydrogen-bond donors (Lipinski definition) is 1. The Bertz CT molecular complexity index is 4590. The van der Waals surface area contributed by atoms with Crippen LogP contribution in [-0.4, -0.2) is 124 Å². The molecule has 1 N–H and O–H groups in total. The third-order valence-corrected chi connectivity index (χ3v) is 24.8. The summed E-state index contributed by atoms with van der Waals surface area (Å²) in [5, 5.41) is 102. The van der Waals surface area contributed by atoms with Gasteiger partial charge in [0.15, 0.2) is 5.01 Å². The third-order valence-electron chi connectivity index (χ3n) is 15.2. The molecule has 12 rings (SSSR count). The van der Waals surface area contributed by atoms with Crippen molar-refractivity contribution in [2.45, 2.75) is 378 Å². The second-order valence-corrected chi connectivity index (χ2v) is 56.7. The molecule has 25 nitrogen and oxygen atoms in total. The number of ether oxygens (including phenoxy) is 1. The van der Waals surface area contributed by atoms with Crippen LogP contribution in [0.1, 0.15) is 365 Å². The zero-order chi connectivity index (χ0) is 98.5. The number of aromatic amines is 1. The van der Waals surface area contributed by atoms with Crippen LogP contribution in [0.5, 0.6) is 5.19 Å². The Kier molecular flexibility index (Phi) is 50.6. The van der Waals surface area contributed by atoms with Crippen LogP contribution in [0.15, 0.2) is 15.7 Å².